The predicted molar refractivity (Wildman–Crippen MR) is 98.2 cm³/mol. The number of rotatable bonds is 5. The van der Waals surface area contributed by atoms with Crippen molar-refractivity contribution in [2.75, 3.05) is 19.0 Å². The number of guanidine groups is 1. The fraction of sp³-hybridized carbons (Fsp3) is 0.278. The normalized spacial score (nSPS) is 16.0. The molecule has 0 heterocycles. The molecule has 4 nitrogen and oxygen atoms in total. The Labute approximate surface area is 144 Å². The van der Waals surface area contributed by atoms with E-state index in [2.05, 4.69) is 44.4 Å². The van der Waals surface area contributed by atoms with Gasteiger partial charge in [-0.2, -0.15) is 0 Å². The van der Waals surface area contributed by atoms with Gasteiger partial charge in [0.2, 0.25) is 0 Å². The van der Waals surface area contributed by atoms with Crippen molar-refractivity contribution in [3.05, 3.63) is 58.6 Å². The average molecular weight is 374 g/mol. The van der Waals surface area contributed by atoms with Gasteiger partial charge < -0.3 is 15.8 Å². The van der Waals surface area contributed by atoms with Gasteiger partial charge in [-0.3, -0.25) is 4.99 Å². The summed E-state index contributed by atoms with van der Waals surface area (Å²) in [6.45, 7) is 0.699. The topological polar surface area (TPSA) is 59.6 Å². The van der Waals surface area contributed by atoms with Crippen molar-refractivity contribution in [1.82, 2.24) is 0 Å². The third-order valence-corrected chi connectivity index (χ3v) is 4.90. The van der Waals surface area contributed by atoms with Gasteiger partial charge in [-0.05, 0) is 48.7 Å². The molecular formula is C18H20BrN3O. The molecule has 0 spiro atoms. The van der Waals surface area contributed by atoms with Crippen molar-refractivity contribution in [2.24, 2.45) is 10.7 Å². The molecule has 3 N–H and O–H groups in total. The van der Waals surface area contributed by atoms with Gasteiger partial charge in [0.05, 0.1) is 13.7 Å². The molecule has 2 aromatic rings. The number of methoxy groups -OCH3 is 1. The minimum atomic E-state index is 0.131. The fourth-order valence-corrected chi connectivity index (χ4v) is 3.36. The van der Waals surface area contributed by atoms with Gasteiger partial charge >= 0.3 is 0 Å². The number of benzene rings is 2. The molecule has 0 bridgehead atoms. The maximum Gasteiger partial charge on any atom is 0.193 e. The number of ether oxygens (including phenoxy) is 1. The summed E-state index contributed by atoms with van der Waals surface area (Å²) >= 11 is 3.64. The first-order valence-electron chi connectivity index (χ1n) is 7.59. The summed E-state index contributed by atoms with van der Waals surface area (Å²) in [5, 5.41) is 3.12. The molecule has 0 atom stereocenters. The molecule has 0 aliphatic heterocycles. The maximum atomic E-state index is 6.02. The highest BCUT2D eigenvalue weighted by Crippen LogP contribution is 2.50. The van der Waals surface area contributed by atoms with Crippen LogP contribution in [0.2, 0.25) is 0 Å². The highest BCUT2D eigenvalue weighted by molar-refractivity contribution is 9.10. The lowest BCUT2D eigenvalue weighted by Gasteiger charge is -2.15. The Bertz CT molecular complexity index is 708. The molecule has 120 valence electrons. The first-order valence-corrected chi connectivity index (χ1v) is 8.38. The van der Waals surface area contributed by atoms with Crippen LogP contribution in [0.4, 0.5) is 5.69 Å². The lowest BCUT2D eigenvalue weighted by atomic mass is 9.96. The second-order valence-corrected chi connectivity index (χ2v) is 6.67. The van der Waals surface area contributed by atoms with Crippen molar-refractivity contribution in [2.45, 2.75) is 18.3 Å². The number of nitrogens with two attached hydrogens (primary N) is 1. The Morgan fingerprint density at radius 2 is 1.91 bits per heavy atom. The van der Waals surface area contributed by atoms with E-state index in [9.17, 15) is 0 Å². The standard InChI is InChI=1S/C18H20BrN3O/c1-23-14-8-6-13(7-9-14)22-17(20)21-12-18(10-11-18)15-4-2-3-5-16(15)19/h2-9H,10-12H2,1H3,(H3,20,21,22). The first kappa shape index (κ1) is 15.9. The van der Waals surface area contributed by atoms with Crippen LogP contribution in [0.1, 0.15) is 18.4 Å². The molecule has 0 unspecified atom stereocenters. The highest BCUT2D eigenvalue weighted by Gasteiger charge is 2.45. The van der Waals surface area contributed by atoms with E-state index in [0.29, 0.717) is 12.5 Å². The molecule has 0 amide bonds. The molecule has 1 aliphatic carbocycles. The fourth-order valence-electron chi connectivity index (χ4n) is 2.65. The second-order valence-electron chi connectivity index (χ2n) is 5.82. The molecule has 23 heavy (non-hydrogen) atoms. The van der Waals surface area contributed by atoms with Crippen molar-refractivity contribution >= 4 is 27.6 Å². The SMILES string of the molecule is COc1ccc(NC(N)=NCC2(c3ccccc3Br)CC2)cc1. The maximum absolute atomic E-state index is 6.02. The molecular weight excluding hydrogens is 354 g/mol. The van der Waals surface area contributed by atoms with E-state index in [-0.39, 0.29) is 5.41 Å². The summed E-state index contributed by atoms with van der Waals surface area (Å²) in [5.41, 5.74) is 8.38. The van der Waals surface area contributed by atoms with Crippen LogP contribution in [0.3, 0.4) is 0 Å². The largest absolute Gasteiger partial charge is 0.497 e. The quantitative estimate of drug-likeness (QED) is 0.616. The first-order chi connectivity index (χ1) is 11.1. The number of aliphatic imine (C=N–C) groups is 1. The molecule has 5 heteroatoms. The minimum Gasteiger partial charge on any atom is -0.497 e. The number of nitrogens with one attached hydrogen (secondary N) is 1. The van der Waals surface area contributed by atoms with Crippen LogP contribution < -0.4 is 15.8 Å². The molecule has 0 radical (unpaired) electrons. The van der Waals surface area contributed by atoms with E-state index in [4.69, 9.17) is 10.5 Å². The zero-order valence-corrected chi connectivity index (χ0v) is 14.6. The third kappa shape index (κ3) is 3.67. The molecule has 1 aliphatic rings. The lowest BCUT2D eigenvalue weighted by Crippen LogP contribution is -2.25. The number of anilines is 1. The minimum absolute atomic E-state index is 0.131. The summed E-state index contributed by atoms with van der Waals surface area (Å²) in [7, 11) is 1.65. The van der Waals surface area contributed by atoms with Gasteiger partial charge in [-0.15, -0.1) is 0 Å². The Kier molecular flexibility index (Phi) is 4.57. The summed E-state index contributed by atoms with van der Waals surface area (Å²) in [6, 6.07) is 16.0. The van der Waals surface area contributed by atoms with Gasteiger partial charge in [0.25, 0.3) is 0 Å². The van der Waals surface area contributed by atoms with Gasteiger partial charge in [0, 0.05) is 15.6 Å². The summed E-state index contributed by atoms with van der Waals surface area (Å²) in [6.07, 6.45) is 2.30. The average Bonchev–Trinajstić information content (AvgIpc) is 3.35. The van der Waals surface area contributed by atoms with Crippen LogP contribution in [-0.2, 0) is 5.41 Å². The van der Waals surface area contributed by atoms with Gasteiger partial charge in [-0.25, -0.2) is 0 Å². The molecule has 0 aromatic heterocycles. The van der Waals surface area contributed by atoms with Gasteiger partial charge in [0.1, 0.15) is 5.75 Å². The van der Waals surface area contributed by atoms with Crippen molar-refractivity contribution < 1.29 is 4.74 Å². The van der Waals surface area contributed by atoms with Crippen LogP contribution in [0.25, 0.3) is 0 Å². The highest BCUT2D eigenvalue weighted by atomic mass is 79.9. The molecule has 1 saturated carbocycles. The van der Waals surface area contributed by atoms with Crippen LogP contribution >= 0.6 is 15.9 Å². The summed E-state index contributed by atoms with van der Waals surface area (Å²) < 4.78 is 6.29. The van der Waals surface area contributed by atoms with E-state index < -0.39 is 0 Å². The molecule has 3 rings (SSSR count). The molecule has 1 fully saturated rings. The van der Waals surface area contributed by atoms with Crippen molar-refractivity contribution in [3.8, 4) is 5.75 Å². The van der Waals surface area contributed by atoms with E-state index in [1.54, 1.807) is 7.11 Å². The smallest absolute Gasteiger partial charge is 0.193 e. The van der Waals surface area contributed by atoms with Crippen molar-refractivity contribution in [1.29, 1.82) is 0 Å². The summed E-state index contributed by atoms with van der Waals surface area (Å²) in [5.74, 6) is 1.26. The van der Waals surface area contributed by atoms with Crippen molar-refractivity contribution in [3.63, 3.8) is 0 Å². The van der Waals surface area contributed by atoms with Crippen LogP contribution in [0, 0.1) is 0 Å². The third-order valence-electron chi connectivity index (χ3n) is 4.21. The van der Waals surface area contributed by atoms with E-state index in [0.717, 1.165) is 28.8 Å². The lowest BCUT2D eigenvalue weighted by molar-refractivity contribution is 0.415. The number of hydrogen-bond acceptors (Lipinski definition) is 2. The zero-order chi connectivity index (χ0) is 16.3. The molecule has 0 saturated heterocycles. The molecule has 2 aromatic carbocycles. The van der Waals surface area contributed by atoms with Gasteiger partial charge in [0.15, 0.2) is 5.96 Å². The van der Waals surface area contributed by atoms with Gasteiger partial charge in [-0.1, -0.05) is 34.1 Å². The second kappa shape index (κ2) is 6.62. The van der Waals surface area contributed by atoms with Crippen LogP contribution in [0.15, 0.2) is 58.0 Å². The predicted octanol–water partition coefficient (Wildman–Crippen LogP) is 3.92. The number of nitrogens with zero attached hydrogens (tertiary/aromatic N) is 1. The monoisotopic (exact) mass is 373 g/mol. The van der Waals surface area contributed by atoms with Crippen LogP contribution in [0.5, 0.6) is 5.75 Å². The Balaban J connectivity index is 1.66. The number of hydrogen-bond donors (Lipinski definition) is 2. The number of halogens is 1. The Morgan fingerprint density at radius 3 is 2.52 bits per heavy atom. The van der Waals surface area contributed by atoms with E-state index in [1.807, 2.05) is 30.3 Å². The Morgan fingerprint density at radius 1 is 1.22 bits per heavy atom. The van der Waals surface area contributed by atoms with E-state index >= 15 is 0 Å². The van der Waals surface area contributed by atoms with Crippen LogP contribution in [-0.4, -0.2) is 19.6 Å². The zero-order valence-electron chi connectivity index (χ0n) is 13.1. The Hall–Kier alpha value is -2.01. The van der Waals surface area contributed by atoms with E-state index in [1.165, 1.54) is 5.56 Å². The summed E-state index contributed by atoms with van der Waals surface area (Å²) in [4.78, 5) is 4.54.